The van der Waals surface area contributed by atoms with Crippen LogP contribution in [0.1, 0.15) is 42.4 Å². The molecular formula is C23H23N5O2S. The average molecular weight is 434 g/mol. The lowest BCUT2D eigenvalue weighted by Gasteiger charge is -2.21. The van der Waals surface area contributed by atoms with Gasteiger partial charge in [0, 0.05) is 34.7 Å². The topological polar surface area (TPSA) is 88.9 Å². The Morgan fingerprint density at radius 1 is 1.16 bits per heavy atom. The van der Waals surface area contributed by atoms with Crippen LogP contribution in [0.4, 0.5) is 11.4 Å². The number of thioether (sulfide) groups is 1. The van der Waals surface area contributed by atoms with E-state index in [0.29, 0.717) is 16.9 Å². The molecule has 2 N–H and O–H groups in total. The van der Waals surface area contributed by atoms with Crippen LogP contribution in [-0.4, -0.2) is 31.8 Å². The van der Waals surface area contributed by atoms with Gasteiger partial charge in [0.25, 0.3) is 5.91 Å². The molecular weight excluding hydrogens is 410 g/mol. The Hall–Kier alpha value is -3.13. The zero-order chi connectivity index (χ0) is 21.4. The number of carbonyl (C=O) groups excluding carboxylic acids is 2. The number of anilines is 2. The minimum Gasteiger partial charge on any atom is -0.324 e. The number of hydrogen-bond donors (Lipinski definition) is 2. The monoisotopic (exact) mass is 433 g/mol. The minimum atomic E-state index is -0.224. The average Bonchev–Trinajstić information content (AvgIpc) is 3.02. The number of rotatable bonds is 3. The van der Waals surface area contributed by atoms with E-state index in [1.54, 1.807) is 12.1 Å². The van der Waals surface area contributed by atoms with Gasteiger partial charge in [0.1, 0.15) is 5.82 Å². The van der Waals surface area contributed by atoms with Gasteiger partial charge in [0.15, 0.2) is 5.82 Å². The van der Waals surface area contributed by atoms with E-state index in [1.807, 2.05) is 37.3 Å². The summed E-state index contributed by atoms with van der Waals surface area (Å²) >= 11 is 1.50. The van der Waals surface area contributed by atoms with E-state index in [2.05, 4.69) is 25.4 Å². The Bertz CT molecular complexity index is 1170. The van der Waals surface area contributed by atoms with Crippen molar-refractivity contribution in [3.05, 3.63) is 53.9 Å². The van der Waals surface area contributed by atoms with E-state index in [4.69, 9.17) is 0 Å². The molecule has 2 aliphatic heterocycles. The summed E-state index contributed by atoms with van der Waals surface area (Å²) in [6.07, 6.45) is 4.43. The fraction of sp³-hybridized carbons (Fsp3) is 0.304. The van der Waals surface area contributed by atoms with E-state index in [0.717, 1.165) is 47.9 Å². The summed E-state index contributed by atoms with van der Waals surface area (Å²) in [6.45, 7) is 2.79. The van der Waals surface area contributed by atoms with Gasteiger partial charge in [0.2, 0.25) is 5.91 Å². The predicted molar refractivity (Wildman–Crippen MR) is 121 cm³/mol. The van der Waals surface area contributed by atoms with Gasteiger partial charge < -0.3 is 15.2 Å². The van der Waals surface area contributed by atoms with Gasteiger partial charge in [-0.1, -0.05) is 18.6 Å². The highest BCUT2D eigenvalue weighted by Crippen LogP contribution is 2.36. The number of aromatic nitrogens is 3. The third-order valence-electron chi connectivity index (χ3n) is 5.66. The highest BCUT2D eigenvalue weighted by molar-refractivity contribution is 8.00. The zero-order valence-electron chi connectivity index (χ0n) is 17.2. The molecule has 0 radical (unpaired) electrons. The first kappa shape index (κ1) is 19.8. The van der Waals surface area contributed by atoms with Crippen LogP contribution in [0.2, 0.25) is 0 Å². The lowest BCUT2D eigenvalue weighted by molar-refractivity contribution is -0.115. The Morgan fingerprint density at radius 2 is 2.06 bits per heavy atom. The maximum Gasteiger partial charge on any atom is 0.255 e. The molecule has 3 heterocycles. The van der Waals surface area contributed by atoms with Gasteiger partial charge in [-0.25, -0.2) is 0 Å². The first-order chi connectivity index (χ1) is 15.1. The Morgan fingerprint density at radius 3 is 2.97 bits per heavy atom. The molecule has 8 heteroatoms. The summed E-state index contributed by atoms with van der Waals surface area (Å²) in [6, 6.07) is 13.1. The van der Waals surface area contributed by atoms with Crippen LogP contribution in [0.15, 0.2) is 47.4 Å². The van der Waals surface area contributed by atoms with E-state index in [1.165, 1.54) is 18.2 Å². The maximum absolute atomic E-state index is 12.9. The van der Waals surface area contributed by atoms with Crippen LogP contribution in [-0.2, 0) is 17.8 Å². The van der Waals surface area contributed by atoms with Crippen LogP contribution in [0.5, 0.6) is 0 Å². The summed E-state index contributed by atoms with van der Waals surface area (Å²) in [4.78, 5) is 25.8. The second-order valence-corrected chi connectivity index (χ2v) is 9.28. The van der Waals surface area contributed by atoms with Crippen LogP contribution in [0.3, 0.4) is 0 Å². The van der Waals surface area contributed by atoms with Crippen molar-refractivity contribution in [1.82, 2.24) is 14.8 Å². The molecule has 31 heavy (non-hydrogen) atoms. The molecule has 7 nitrogen and oxygen atoms in total. The van der Waals surface area contributed by atoms with Crippen molar-refractivity contribution in [2.24, 2.45) is 0 Å². The molecule has 2 aromatic carbocycles. The normalized spacial score (nSPS) is 17.8. The summed E-state index contributed by atoms with van der Waals surface area (Å²) in [7, 11) is 0. The molecule has 0 fully saturated rings. The molecule has 158 valence electrons. The van der Waals surface area contributed by atoms with Crippen molar-refractivity contribution in [3.8, 4) is 11.4 Å². The van der Waals surface area contributed by atoms with Crippen molar-refractivity contribution in [1.29, 1.82) is 0 Å². The molecule has 2 aliphatic rings. The van der Waals surface area contributed by atoms with Crippen molar-refractivity contribution >= 4 is 35.0 Å². The summed E-state index contributed by atoms with van der Waals surface area (Å²) in [5.74, 6) is 1.61. The van der Waals surface area contributed by atoms with Crippen LogP contribution in [0.25, 0.3) is 11.4 Å². The summed E-state index contributed by atoms with van der Waals surface area (Å²) < 4.78 is 2.19. The van der Waals surface area contributed by atoms with Gasteiger partial charge in [-0.15, -0.1) is 22.0 Å². The molecule has 0 saturated carbocycles. The first-order valence-electron chi connectivity index (χ1n) is 10.5. The Labute approximate surface area is 184 Å². The Kier molecular flexibility index (Phi) is 5.23. The van der Waals surface area contributed by atoms with Gasteiger partial charge in [-0.2, -0.15) is 0 Å². The number of nitrogens with one attached hydrogen (secondary N) is 2. The molecule has 2 amide bonds. The van der Waals surface area contributed by atoms with E-state index < -0.39 is 0 Å². The van der Waals surface area contributed by atoms with Crippen molar-refractivity contribution in [3.63, 3.8) is 0 Å². The third kappa shape index (κ3) is 3.95. The van der Waals surface area contributed by atoms with E-state index in [9.17, 15) is 9.59 Å². The van der Waals surface area contributed by atoms with Crippen molar-refractivity contribution in [2.75, 3.05) is 10.6 Å². The zero-order valence-corrected chi connectivity index (χ0v) is 18.0. The number of aryl methyl sites for hydroxylation is 1. The number of nitrogens with zero attached hydrogens (tertiary/aromatic N) is 3. The SMILES string of the molecule is C[C@@H]1Sc2ccc(C(=O)Nc3cccc(-c4nnc5n4CCCCC5)c3)cc2NC1=O. The maximum atomic E-state index is 12.9. The molecule has 5 rings (SSSR count). The number of carbonyl (C=O) groups is 2. The van der Waals surface area contributed by atoms with Crippen molar-refractivity contribution < 1.29 is 9.59 Å². The molecule has 0 bridgehead atoms. The molecule has 0 saturated heterocycles. The minimum absolute atomic E-state index is 0.0461. The molecule has 0 spiro atoms. The standard InChI is InChI=1S/C23H23N5O2S/c1-14-22(29)25-18-13-16(9-10-19(18)31-14)23(30)24-17-7-5-6-15(12-17)21-27-26-20-8-3-2-4-11-28(20)21/h5-7,9-10,12-14H,2-4,8,11H2,1H3,(H,24,30)(H,25,29)/t14-/m0/s1. The van der Waals surface area contributed by atoms with E-state index >= 15 is 0 Å². The molecule has 1 aromatic heterocycles. The lowest BCUT2D eigenvalue weighted by atomic mass is 10.1. The molecule has 1 atom stereocenters. The second-order valence-electron chi connectivity index (χ2n) is 7.90. The summed E-state index contributed by atoms with van der Waals surface area (Å²) in [5, 5.41) is 14.5. The smallest absolute Gasteiger partial charge is 0.255 e. The Balaban J connectivity index is 1.37. The number of amides is 2. The van der Waals surface area contributed by atoms with Crippen LogP contribution in [0, 0.1) is 0 Å². The van der Waals surface area contributed by atoms with Gasteiger partial charge in [-0.05, 0) is 50.1 Å². The van der Waals surface area contributed by atoms with Gasteiger partial charge in [-0.3, -0.25) is 9.59 Å². The quantitative estimate of drug-likeness (QED) is 0.641. The van der Waals surface area contributed by atoms with Crippen molar-refractivity contribution in [2.45, 2.75) is 49.3 Å². The van der Waals surface area contributed by atoms with Crippen LogP contribution < -0.4 is 10.6 Å². The van der Waals surface area contributed by atoms with E-state index in [-0.39, 0.29) is 17.1 Å². The second kappa shape index (κ2) is 8.19. The summed E-state index contributed by atoms with van der Waals surface area (Å²) in [5.41, 5.74) is 2.80. The molecule has 0 aliphatic carbocycles. The third-order valence-corrected chi connectivity index (χ3v) is 6.84. The van der Waals surface area contributed by atoms with Gasteiger partial charge >= 0.3 is 0 Å². The fourth-order valence-corrected chi connectivity index (χ4v) is 4.92. The van der Waals surface area contributed by atoms with Gasteiger partial charge in [0.05, 0.1) is 10.9 Å². The highest BCUT2D eigenvalue weighted by Gasteiger charge is 2.24. The highest BCUT2D eigenvalue weighted by atomic mass is 32.2. The largest absolute Gasteiger partial charge is 0.324 e. The lowest BCUT2D eigenvalue weighted by Crippen LogP contribution is -2.26. The fourth-order valence-electron chi connectivity index (χ4n) is 3.99. The first-order valence-corrected chi connectivity index (χ1v) is 11.4. The number of fused-ring (bicyclic) bond motifs is 2. The number of hydrogen-bond acceptors (Lipinski definition) is 5. The number of benzene rings is 2. The molecule has 0 unspecified atom stereocenters. The molecule has 3 aromatic rings. The van der Waals surface area contributed by atoms with Crippen LogP contribution >= 0.6 is 11.8 Å². The predicted octanol–water partition coefficient (Wildman–Crippen LogP) is 4.36.